The number of nitrogens with zero attached hydrogens (tertiary/aromatic N) is 1. The quantitative estimate of drug-likeness (QED) is 0.772. The predicted octanol–water partition coefficient (Wildman–Crippen LogP) is 1.08. The zero-order chi connectivity index (χ0) is 13.8. The van der Waals surface area contributed by atoms with E-state index >= 15 is 0 Å². The van der Waals surface area contributed by atoms with Crippen LogP contribution in [0.5, 0.6) is 0 Å². The van der Waals surface area contributed by atoms with Crippen LogP contribution in [0.2, 0.25) is 0 Å². The first kappa shape index (κ1) is 15.4. The molecule has 0 bridgehead atoms. The van der Waals surface area contributed by atoms with E-state index in [2.05, 4.69) is 50.4 Å². The summed E-state index contributed by atoms with van der Waals surface area (Å²) >= 11 is 0. The minimum absolute atomic E-state index is 0.196. The number of carbonyl (C=O) groups excluding carboxylic acids is 1. The monoisotopic (exact) mass is 255 g/mol. The first-order valence-electron chi connectivity index (χ1n) is 7.02. The van der Waals surface area contributed by atoms with Gasteiger partial charge < -0.3 is 15.5 Å². The van der Waals surface area contributed by atoms with Gasteiger partial charge in [0.15, 0.2) is 0 Å². The summed E-state index contributed by atoms with van der Waals surface area (Å²) in [6, 6.07) is 0.397. The first-order chi connectivity index (χ1) is 8.37. The van der Waals surface area contributed by atoms with E-state index in [0.29, 0.717) is 12.0 Å². The Balaban J connectivity index is 2.48. The Hall–Kier alpha value is -0.610. The SMILES string of the molecule is CC(C)C(CNC(=O)C1(C)CCCNC1)N(C)C. The van der Waals surface area contributed by atoms with Crippen LogP contribution in [0.1, 0.15) is 33.6 Å². The maximum Gasteiger partial charge on any atom is 0.227 e. The number of likely N-dealkylation sites (N-methyl/N-ethyl adjacent to an activating group) is 1. The van der Waals surface area contributed by atoms with Crippen molar-refractivity contribution < 1.29 is 4.79 Å². The van der Waals surface area contributed by atoms with Crippen molar-refractivity contribution in [3.63, 3.8) is 0 Å². The van der Waals surface area contributed by atoms with E-state index in [1.165, 1.54) is 0 Å². The summed E-state index contributed by atoms with van der Waals surface area (Å²) in [7, 11) is 4.14. The summed E-state index contributed by atoms with van der Waals surface area (Å²) in [6.07, 6.45) is 2.07. The van der Waals surface area contributed by atoms with Gasteiger partial charge in [-0.05, 0) is 46.3 Å². The number of hydrogen-bond donors (Lipinski definition) is 2. The number of piperidine rings is 1. The van der Waals surface area contributed by atoms with Gasteiger partial charge in [0.1, 0.15) is 0 Å². The highest BCUT2D eigenvalue weighted by Gasteiger charge is 2.34. The van der Waals surface area contributed by atoms with Crippen LogP contribution in [0.3, 0.4) is 0 Å². The molecule has 106 valence electrons. The molecule has 1 heterocycles. The zero-order valence-corrected chi connectivity index (χ0v) is 12.5. The van der Waals surface area contributed by atoms with Crippen LogP contribution in [0.15, 0.2) is 0 Å². The lowest BCUT2D eigenvalue weighted by atomic mass is 9.82. The third kappa shape index (κ3) is 3.95. The summed E-state index contributed by atoms with van der Waals surface area (Å²) in [5.41, 5.74) is -0.230. The van der Waals surface area contributed by atoms with Gasteiger partial charge in [0.2, 0.25) is 5.91 Å². The Bertz CT molecular complexity index is 262. The van der Waals surface area contributed by atoms with E-state index in [0.717, 1.165) is 32.5 Å². The highest BCUT2D eigenvalue weighted by Crippen LogP contribution is 2.25. The van der Waals surface area contributed by atoms with Crippen LogP contribution in [-0.2, 0) is 4.79 Å². The Kier molecular flexibility index (Phi) is 5.60. The molecular weight excluding hydrogens is 226 g/mol. The second-order valence-electron chi connectivity index (χ2n) is 6.33. The lowest BCUT2D eigenvalue weighted by Gasteiger charge is -2.34. The van der Waals surface area contributed by atoms with Gasteiger partial charge in [0.25, 0.3) is 0 Å². The lowest BCUT2D eigenvalue weighted by Crippen LogP contribution is -2.52. The van der Waals surface area contributed by atoms with Crippen molar-refractivity contribution in [2.45, 2.75) is 39.7 Å². The Morgan fingerprint density at radius 3 is 2.56 bits per heavy atom. The molecule has 1 aliphatic rings. The Morgan fingerprint density at radius 2 is 2.11 bits per heavy atom. The molecule has 2 unspecified atom stereocenters. The average Bonchev–Trinajstić information content (AvgIpc) is 2.29. The third-order valence-corrected chi connectivity index (χ3v) is 4.05. The second kappa shape index (κ2) is 6.53. The maximum absolute atomic E-state index is 12.3. The first-order valence-corrected chi connectivity index (χ1v) is 7.02. The standard InChI is InChI=1S/C14H29N3O/c1-11(2)12(17(4)5)9-16-13(18)14(3)7-6-8-15-10-14/h11-12,15H,6-10H2,1-5H3,(H,16,18). The molecule has 4 heteroatoms. The number of carbonyl (C=O) groups is 1. The van der Waals surface area contributed by atoms with Crippen LogP contribution in [0, 0.1) is 11.3 Å². The summed E-state index contributed by atoms with van der Waals surface area (Å²) in [4.78, 5) is 14.5. The highest BCUT2D eigenvalue weighted by atomic mass is 16.2. The molecular formula is C14H29N3O. The molecule has 0 radical (unpaired) electrons. The van der Waals surface area contributed by atoms with Gasteiger partial charge in [-0.3, -0.25) is 4.79 Å². The van der Waals surface area contributed by atoms with E-state index in [1.807, 2.05) is 0 Å². The van der Waals surface area contributed by atoms with Gasteiger partial charge in [0, 0.05) is 19.1 Å². The number of rotatable bonds is 5. The minimum Gasteiger partial charge on any atom is -0.354 e. The van der Waals surface area contributed by atoms with Gasteiger partial charge in [-0.15, -0.1) is 0 Å². The Labute approximate surface area is 111 Å². The van der Waals surface area contributed by atoms with Gasteiger partial charge in [-0.2, -0.15) is 0 Å². The van der Waals surface area contributed by atoms with E-state index < -0.39 is 0 Å². The predicted molar refractivity (Wildman–Crippen MR) is 75.5 cm³/mol. The molecule has 2 atom stereocenters. The molecule has 1 aliphatic heterocycles. The number of nitrogens with one attached hydrogen (secondary N) is 2. The molecule has 0 saturated carbocycles. The molecule has 0 aromatic heterocycles. The largest absolute Gasteiger partial charge is 0.354 e. The molecule has 0 aromatic rings. The topological polar surface area (TPSA) is 44.4 Å². The molecule has 1 amide bonds. The molecule has 0 aliphatic carbocycles. The molecule has 1 fully saturated rings. The zero-order valence-electron chi connectivity index (χ0n) is 12.5. The molecule has 18 heavy (non-hydrogen) atoms. The summed E-state index contributed by atoms with van der Waals surface area (Å²) in [5, 5.41) is 6.45. The minimum atomic E-state index is -0.230. The van der Waals surface area contributed by atoms with Gasteiger partial charge in [0.05, 0.1) is 5.41 Å². The van der Waals surface area contributed by atoms with Crippen LogP contribution < -0.4 is 10.6 Å². The maximum atomic E-state index is 12.3. The molecule has 0 spiro atoms. The highest BCUT2D eigenvalue weighted by molar-refractivity contribution is 5.82. The van der Waals surface area contributed by atoms with Crippen molar-refractivity contribution in [2.24, 2.45) is 11.3 Å². The van der Waals surface area contributed by atoms with Gasteiger partial charge in [-0.1, -0.05) is 13.8 Å². The molecule has 4 nitrogen and oxygen atoms in total. The van der Waals surface area contributed by atoms with Gasteiger partial charge in [-0.25, -0.2) is 0 Å². The Morgan fingerprint density at radius 1 is 1.44 bits per heavy atom. The number of hydrogen-bond acceptors (Lipinski definition) is 3. The second-order valence-corrected chi connectivity index (χ2v) is 6.33. The average molecular weight is 255 g/mol. The fraction of sp³-hybridized carbons (Fsp3) is 0.929. The van der Waals surface area contributed by atoms with E-state index in [-0.39, 0.29) is 11.3 Å². The lowest BCUT2D eigenvalue weighted by molar-refractivity contribution is -0.131. The summed E-state index contributed by atoms with van der Waals surface area (Å²) in [5.74, 6) is 0.736. The fourth-order valence-electron chi connectivity index (χ4n) is 2.68. The third-order valence-electron chi connectivity index (χ3n) is 4.05. The van der Waals surface area contributed by atoms with Crippen molar-refractivity contribution in [3.8, 4) is 0 Å². The molecule has 2 N–H and O–H groups in total. The normalized spacial score (nSPS) is 26.4. The van der Waals surface area contributed by atoms with Crippen LogP contribution in [-0.4, -0.2) is 50.6 Å². The van der Waals surface area contributed by atoms with E-state index in [1.54, 1.807) is 0 Å². The molecule has 0 aromatic carbocycles. The summed E-state index contributed by atoms with van der Waals surface area (Å²) in [6.45, 7) is 9.03. The van der Waals surface area contributed by atoms with Crippen molar-refractivity contribution >= 4 is 5.91 Å². The molecule has 1 rings (SSSR count). The van der Waals surface area contributed by atoms with Crippen LogP contribution in [0.25, 0.3) is 0 Å². The fourth-order valence-corrected chi connectivity index (χ4v) is 2.68. The van der Waals surface area contributed by atoms with E-state index in [4.69, 9.17) is 0 Å². The van der Waals surface area contributed by atoms with E-state index in [9.17, 15) is 4.79 Å². The van der Waals surface area contributed by atoms with Crippen LogP contribution >= 0.6 is 0 Å². The number of amides is 1. The van der Waals surface area contributed by atoms with Crippen molar-refractivity contribution in [3.05, 3.63) is 0 Å². The van der Waals surface area contributed by atoms with Crippen LogP contribution in [0.4, 0.5) is 0 Å². The van der Waals surface area contributed by atoms with Crippen molar-refractivity contribution in [1.82, 2.24) is 15.5 Å². The smallest absolute Gasteiger partial charge is 0.227 e. The van der Waals surface area contributed by atoms with Crippen molar-refractivity contribution in [1.29, 1.82) is 0 Å². The molecule has 1 saturated heterocycles. The van der Waals surface area contributed by atoms with Crippen molar-refractivity contribution in [2.75, 3.05) is 33.7 Å². The summed E-state index contributed by atoms with van der Waals surface area (Å²) < 4.78 is 0. The van der Waals surface area contributed by atoms with Gasteiger partial charge >= 0.3 is 0 Å².